The first kappa shape index (κ1) is 16.5. The molecule has 1 fully saturated rings. The lowest BCUT2D eigenvalue weighted by Crippen LogP contribution is -2.38. The van der Waals surface area contributed by atoms with Gasteiger partial charge in [0.2, 0.25) is 10.0 Å². The van der Waals surface area contributed by atoms with E-state index in [2.05, 4.69) is 4.98 Å². The van der Waals surface area contributed by atoms with Gasteiger partial charge in [-0.05, 0) is 48.4 Å². The molecule has 1 aromatic carbocycles. The predicted molar refractivity (Wildman–Crippen MR) is 91.8 cm³/mol. The van der Waals surface area contributed by atoms with Gasteiger partial charge in [0.25, 0.3) is 0 Å². The van der Waals surface area contributed by atoms with Crippen molar-refractivity contribution < 1.29 is 13.2 Å². The summed E-state index contributed by atoms with van der Waals surface area (Å²) in [6.07, 6.45) is 4.66. The summed E-state index contributed by atoms with van der Waals surface area (Å²) in [6.45, 7) is 3.44. The van der Waals surface area contributed by atoms with Crippen LogP contribution in [0.5, 0.6) is 0 Å². The highest BCUT2D eigenvalue weighted by atomic mass is 32.2. The number of nitrogens with zero attached hydrogens (tertiary/aromatic N) is 1. The van der Waals surface area contributed by atoms with Crippen LogP contribution >= 0.6 is 0 Å². The lowest BCUT2D eigenvalue weighted by Gasteiger charge is -2.26. The van der Waals surface area contributed by atoms with Crippen LogP contribution in [0.4, 0.5) is 0 Å². The molecule has 0 unspecified atom stereocenters. The van der Waals surface area contributed by atoms with Crippen LogP contribution < -0.4 is 0 Å². The van der Waals surface area contributed by atoms with E-state index < -0.39 is 10.0 Å². The summed E-state index contributed by atoms with van der Waals surface area (Å²) >= 11 is 0. The Balaban J connectivity index is 1.72. The van der Waals surface area contributed by atoms with E-state index >= 15 is 0 Å². The third-order valence-electron chi connectivity index (χ3n) is 4.39. The second-order valence-electron chi connectivity index (χ2n) is 6.09. The van der Waals surface area contributed by atoms with Gasteiger partial charge in [-0.25, -0.2) is 8.42 Å². The zero-order valence-electron chi connectivity index (χ0n) is 13.5. The number of ether oxygens (including phenoxy) is 1. The Morgan fingerprint density at radius 2 is 2.17 bits per heavy atom. The number of aromatic nitrogens is 1. The van der Waals surface area contributed by atoms with E-state index in [9.17, 15) is 8.42 Å². The van der Waals surface area contributed by atoms with Crippen molar-refractivity contribution >= 4 is 20.9 Å². The van der Waals surface area contributed by atoms with Gasteiger partial charge in [-0.1, -0.05) is 13.0 Å². The van der Waals surface area contributed by atoms with E-state index in [1.165, 1.54) is 0 Å². The number of hydrogen-bond acceptors (Lipinski definition) is 3. The molecule has 1 atom stereocenters. The average Bonchev–Trinajstić information content (AvgIpc) is 3.00. The third kappa shape index (κ3) is 3.94. The van der Waals surface area contributed by atoms with E-state index in [1.807, 2.05) is 37.4 Å². The van der Waals surface area contributed by atoms with Crippen LogP contribution in [0.2, 0.25) is 0 Å². The lowest BCUT2D eigenvalue weighted by molar-refractivity contribution is 0.0298. The molecule has 1 aliphatic rings. The van der Waals surface area contributed by atoms with Gasteiger partial charge < -0.3 is 9.72 Å². The van der Waals surface area contributed by atoms with Gasteiger partial charge in [0, 0.05) is 31.4 Å². The molecule has 3 rings (SSSR count). The molecule has 2 heterocycles. The molecule has 1 N–H and O–H groups in total. The summed E-state index contributed by atoms with van der Waals surface area (Å²) < 4.78 is 32.5. The van der Waals surface area contributed by atoms with Crippen molar-refractivity contribution in [3.63, 3.8) is 0 Å². The molecule has 0 amide bonds. The van der Waals surface area contributed by atoms with Crippen LogP contribution in [0.25, 0.3) is 10.9 Å². The fourth-order valence-electron chi connectivity index (χ4n) is 3.09. The summed E-state index contributed by atoms with van der Waals surface area (Å²) in [5.41, 5.74) is 2.07. The summed E-state index contributed by atoms with van der Waals surface area (Å²) in [6, 6.07) is 8.02. The fourth-order valence-corrected chi connectivity index (χ4v) is 4.77. The number of rotatable bonds is 6. The molecule has 1 saturated heterocycles. The molecule has 0 saturated carbocycles. The topological polar surface area (TPSA) is 62.4 Å². The summed E-state index contributed by atoms with van der Waals surface area (Å²) in [5, 5.41) is 1.10. The smallest absolute Gasteiger partial charge is 0.216 e. The van der Waals surface area contributed by atoms with E-state index in [0.717, 1.165) is 35.7 Å². The van der Waals surface area contributed by atoms with Crippen molar-refractivity contribution in [2.24, 2.45) is 0 Å². The number of sulfonamides is 1. The van der Waals surface area contributed by atoms with Crippen LogP contribution in [0.15, 0.2) is 30.5 Å². The largest absolute Gasteiger partial charge is 0.377 e. The third-order valence-corrected chi connectivity index (χ3v) is 6.36. The first-order valence-corrected chi connectivity index (χ1v) is 9.85. The quantitative estimate of drug-likeness (QED) is 0.882. The van der Waals surface area contributed by atoms with Crippen molar-refractivity contribution in [2.75, 3.05) is 18.9 Å². The minimum Gasteiger partial charge on any atom is -0.377 e. The molecule has 1 aliphatic heterocycles. The molecule has 6 heteroatoms. The first-order chi connectivity index (χ1) is 11.1. The minimum atomic E-state index is -3.31. The van der Waals surface area contributed by atoms with Gasteiger partial charge in [-0.15, -0.1) is 0 Å². The van der Waals surface area contributed by atoms with Gasteiger partial charge >= 0.3 is 0 Å². The molecule has 0 spiro atoms. The van der Waals surface area contributed by atoms with Crippen molar-refractivity contribution in [2.45, 2.75) is 38.8 Å². The monoisotopic (exact) mass is 336 g/mol. The summed E-state index contributed by atoms with van der Waals surface area (Å²) in [7, 11) is -3.31. The fraction of sp³-hybridized carbons (Fsp3) is 0.529. The standard InChI is InChI=1S/C17H24N2O3S/c1-2-19(23(20,21)13-16-5-3-4-10-22-16)12-14-6-7-17-15(11-14)8-9-18-17/h6-9,11,16,18H,2-5,10,12-13H2,1H3/t16-/m0/s1. The van der Waals surface area contributed by atoms with Crippen LogP contribution in [0.1, 0.15) is 31.7 Å². The summed E-state index contributed by atoms with van der Waals surface area (Å²) in [5.74, 6) is 0.0905. The SMILES string of the molecule is CCN(Cc1ccc2[nH]ccc2c1)S(=O)(=O)C[C@@H]1CCCCO1. The second-order valence-corrected chi connectivity index (χ2v) is 8.11. The summed E-state index contributed by atoms with van der Waals surface area (Å²) in [4.78, 5) is 3.15. The van der Waals surface area contributed by atoms with Crippen molar-refractivity contribution in [3.8, 4) is 0 Å². The lowest BCUT2D eigenvalue weighted by atomic mass is 10.1. The van der Waals surface area contributed by atoms with E-state index in [1.54, 1.807) is 4.31 Å². The Kier molecular flexibility index (Phi) is 5.04. The van der Waals surface area contributed by atoms with E-state index in [-0.39, 0.29) is 11.9 Å². The average molecular weight is 336 g/mol. The zero-order valence-corrected chi connectivity index (χ0v) is 14.3. The van der Waals surface area contributed by atoms with Gasteiger partial charge in [0.05, 0.1) is 11.9 Å². The van der Waals surface area contributed by atoms with E-state index in [0.29, 0.717) is 19.7 Å². The number of fused-ring (bicyclic) bond motifs is 1. The maximum absolute atomic E-state index is 12.7. The van der Waals surface area contributed by atoms with Gasteiger partial charge in [0.15, 0.2) is 0 Å². The highest BCUT2D eigenvalue weighted by molar-refractivity contribution is 7.89. The van der Waals surface area contributed by atoms with Crippen LogP contribution in [0, 0.1) is 0 Å². The second kappa shape index (κ2) is 7.03. The Bertz CT molecular complexity index is 748. The molecule has 2 aromatic rings. The van der Waals surface area contributed by atoms with Gasteiger partial charge in [0.1, 0.15) is 0 Å². The van der Waals surface area contributed by atoms with Crippen LogP contribution in [-0.4, -0.2) is 42.7 Å². The van der Waals surface area contributed by atoms with Crippen LogP contribution in [0.3, 0.4) is 0 Å². The normalized spacial score (nSPS) is 19.5. The molecular formula is C17H24N2O3S. The van der Waals surface area contributed by atoms with Gasteiger partial charge in [-0.2, -0.15) is 4.31 Å². The highest BCUT2D eigenvalue weighted by Crippen LogP contribution is 2.20. The maximum atomic E-state index is 12.7. The Hall–Kier alpha value is -1.37. The molecule has 0 bridgehead atoms. The number of nitrogens with one attached hydrogen (secondary N) is 1. The zero-order chi connectivity index (χ0) is 16.3. The number of aromatic amines is 1. The van der Waals surface area contributed by atoms with E-state index in [4.69, 9.17) is 4.74 Å². The van der Waals surface area contributed by atoms with Crippen LogP contribution in [-0.2, 0) is 21.3 Å². The molecule has 0 radical (unpaired) electrons. The molecule has 5 nitrogen and oxygen atoms in total. The minimum absolute atomic E-state index is 0.0905. The first-order valence-electron chi connectivity index (χ1n) is 8.24. The molecule has 1 aromatic heterocycles. The van der Waals surface area contributed by atoms with Gasteiger partial charge in [-0.3, -0.25) is 0 Å². The van der Waals surface area contributed by atoms with Crippen molar-refractivity contribution in [1.29, 1.82) is 0 Å². The molecular weight excluding hydrogens is 312 g/mol. The van der Waals surface area contributed by atoms with Crippen molar-refractivity contribution in [1.82, 2.24) is 9.29 Å². The number of benzene rings is 1. The maximum Gasteiger partial charge on any atom is 0.216 e. The number of H-pyrrole nitrogens is 1. The number of hydrogen-bond donors (Lipinski definition) is 1. The molecule has 0 aliphatic carbocycles. The Morgan fingerprint density at radius 3 is 2.91 bits per heavy atom. The molecule has 126 valence electrons. The Labute approximate surface area is 137 Å². The highest BCUT2D eigenvalue weighted by Gasteiger charge is 2.27. The van der Waals surface area contributed by atoms with Crippen molar-refractivity contribution in [3.05, 3.63) is 36.0 Å². The Morgan fingerprint density at radius 1 is 1.30 bits per heavy atom. The predicted octanol–water partition coefficient (Wildman–Crippen LogP) is 2.89. The molecule has 23 heavy (non-hydrogen) atoms.